The molecule has 3 N–H and O–H groups in total. The number of hydrogen-bond acceptors (Lipinski definition) is 5. The van der Waals surface area contributed by atoms with Gasteiger partial charge in [-0.15, -0.1) is 0 Å². The van der Waals surface area contributed by atoms with Crippen molar-refractivity contribution in [1.82, 2.24) is 9.88 Å². The second kappa shape index (κ2) is 7.93. The monoisotopic (exact) mass is 407 g/mol. The summed E-state index contributed by atoms with van der Waals surface area (Å²) in [5.74, 6) is -0.179. The van der Waals surface area contributed by atoms with Crippen LogP contribution in [-0.4, -0.2) is 51.7 Å². The number of ketones is 1. The Morgan fingerprint density at radius 1 is 1.43 bits per heavy atom. The van der Waals surface area contributed by atoms with Crippen molar-refractivity contribution in [1.29, 1.82) is 0 Å². The molecule has 0 bridgehead atoms. The molecule has 1 aliphatic rings. The van der Waals surface area contributed by atoms with Crippen LogP contribution >= 0.6 is 11.6 Å². The molecule has 0 unspecified atom stereocenters. The number of nitrogens with zero attached hydrogens (tertiary/aromatic N) is 2. The van der Waals surface area contributed by atoms with Crippen molar-refractivity contribution in [3.8, 4) is 0 Å². The zero-order valence-corrected chi connectivity index (χ0v) is 17.1. The number of fused-ring (bicyclic) bond motifs is 1. The van der Waals surface area contributed by atoms with Crippen LogP contribution in [0.15, 0.2) is 24.4 Å². The molecule has 2 heterocycles. The Kier molecular flexibility index (Phi) is 5.94. The summed E-state index contributed by atoms with van der Waals surface area (Å²) in [5.41, 5.74) is 5.11. The number of aliphatic hydroxyl groups is 1. The van der Waals surface area contributed by atoms with E-state index in [1.807, 2.05) is 0 Å². The topological polar surface area (TPSA) is 79.5 Å². The lowest BCUT2D eigenvalue weighted by Gasteiger charge is -2.38. The molecule has 28 heavy (non-hydrogen) atoms. The molecule has 152 valence electrons. The molecule has 0 amide bonds. The van der Waals surface area contributed by atoms with Gasteiger partial charge in [-0.25, -0.2) is 4.39 Å². The summed E-state index contributed by atoms with van der Waals surface area (Å²) in [5, 5.41) is 10.9. The van der Waals surface area contributed by atoms with E-state index in [4.69, 9.17) is 17.3 Å². The number of anilines is 1. The molecule has 0 saturated carbocycles. The van der Waals surface area contributed by atoms with Gasteiger partial charge in [-0.3, -0.25) is 9.78 Å². The number of nitrogen functional groups attached to an aromatic ring is 1. The highest BCUT2D eigenvalue weighted by atomic mass is 35.5. The van der Waals surface area contributed by atoms with Crippen molar-refractivity contribution in [3.63, 3.8) is 0 Å². The minimum atomic E-state index is -1.37. The highest BCUT2D eigenvalue weighted by molar-refractivity contribution is 6.35. The van der Waals surface area contributed by atoms with Crippen molar-refractivity contribution < 1.29 is 14.3 Å². The third-order valence-corrected chi connectivity index (χ3v) is 5.66. The van der Waals surface area contributed by atoms with E-state index in [9.17, 15) is 9.90 Å². The van der Waals surface area contributed by atoms with Crippen molar-refractivity contribution in [2.24, 2.45) is 0 Å². The van der Waals surface area contributed by atoms with Crippen LogP contribution in [-0.2, 0) is 0 Å². The number of rotatable bonds is 6. The minimum absolute atomic E-state index is 0.0912. The Morgan fingerprint density at radius 2 is 2.11 bits per heavy atom. The highest BCUT2D eigenvalue weighted by Gasteiger charge is 2.36. The van der Waals surface area contributed by atoms with Crippen molar-refractivity contribution in [2.75, 3.05) is 25.4 Å². The molecule has 1 saturated heterocycles. The Labute approximate surface area is 169 Å². The molecule has 3 rings (SSSR count). The molecular weight excluding hydrogens is 381 g/mol. The van der Waals surface area contributed by atoms with Crippen LogP contribution in [0.5, 0.6) is 0 Å². The predicted octanol–water partition coefficient (Wildman–Crippen LogP) is 4.01. The van der Waals surface area contributed by atoms with Crippen molar-refractivity contribution in [3.05, 3.63) is 35.0 Å². The number of pyridine rings is 1. The largest absolute Gasteiger partial charge is 0.397 e. The quantitative estimate of drug-likeness (QED) is 0.558. The number of Topliss-reactive ketones (excluding diaryl/α,β-unsaturated/α-hetero) is 1. The number of aromatic nitrogens is 1. The SMILES string of the molecule is CC(C)(O)CN1CCC(F)(CCC(=O)c2cc(Cl)c(N)c3cccnc23)CC1. The number of nitrogens with two attached hydrogens (primary N) is 1. The Morgan fingerprint density at radius 3 is 2.75 bits per heavy atom. The molecule has 1 aromatic heterocycles. The first-order valence-corrected chi connectivity index (χ1v) is 9.95. The molecule has 1 fully saturated rings. The second-order valence-corrected chi connectivity index (χ2v) is 8.79. The average Bonchev–Trinajstić information content (AvgIpc) is 2.64. The van der Waals surface area contributed by atoms with Gasteiger partial charge in [-0.05, 0) is 51.3 Å². The average molecular weight is 408 g/mol. The Hall–Kier alpha value is -1.76. The van der Waals surface area contributed by atoms with E-state index >= 15 is 4.39 Å². The standard InChI is InChI=1S/C21H27ClFN3O2/c1-20(2,28)13-26-10-7-21(23,8-11-26)6-5-17(27)15-12-16(22)18(24)14-4-3-9-25-19(14)15/h3-4,9,12,28H,5-8,10-11,13,24H2,1-2H3. The van der Waals surface area contributed by atoms with Gasteiger partial charge < -0.3 is 15.7 Å². The van der Waals surface area contributed by atoms with Crippen molar-refractivity contribution >= 4 is 34.0 Å². The summed E-state index contributed by atoms with van der Waals surface area (Å²) in [6, 6.07) is 5.04. The van der Waals surface area contributed by atoms with Crippen LogP contribution in [0.25, 0.3) is 10.9 Å². The first-order valence-electron chi connectivity index (χ1n) is 9.58. The molecule has 0 radical (unpaired) electrons. The van der Waals surface area contributed by atoms with E-state index in [1.54, 1.807) is 32.2 Å². The zero-order chi connectivity index (χ0) is 20.5. The summed E-state index contributed by atoms with van der Waals surface area (Å²) < 4.78 is 15.2. The van der Waals surface area contributed by atoms with E-state index in [0.29, 0.717) is 59.7 Å². The van der Waals surface area contributed by atoms with Gasteiger partial charge in [0.05, 0.1) is 21.8 Å². The summed E-state index contributed by atoms with van der Waals surface area (Å²) in [6.45, 7) is 5.17. The van der Waals surface area contributed by atoms with Gasteiger partial charge >= 0.3 is 0 Å². The number of benzene rings is 1. The predicted molar refractivity (Wildman–Crippen MR) is 111 cm³/mol. The van der Waals surface area contributed by atoms with Gasteiger partial charge in [0.1, 0.15) is 5.67 Å². The zero-order valence-electron chi connectivity index (χ0n) is 16.3. The number of alkyl halides is 1. The minimum Gasteiger partial charge on any atom is -0.397 e. The second-order valence-electron chi connectivity index (χ2n) is 8.38. The Balaban J connectivity index is 1.67. The maximum atomic E-state index is 15.2. The fourth-order valence-electron chi connectivity index (χ4n) is 3.83. The van der Waals surface area contributed by atoms with Crippen molar-refractivity contribution in [2.45, 2.75) is 50.8 Å². The number of β-amino-alcohol motifs (C(OH)–C–C–N with tert-alkyl or cyclic N) is 1. The maximum Gasteiger partial charge on any atom is 0.165 e. The van der Waals surface area contributed by atoms with E-state index in [-0.39, 0.29) is 18.6 Å². The van der Waals surface area contributed by atoms with Gasteiger partial charge in [-0.1, -0.05) is 11.6 Å². The summed E-state index contributed by atoms with van der Waals surface area (Å²) >= 11 is 6.18. The van der Waals surface area contributed by atoms with E-state index < -0.39 is 11.3 Å². The summed E-state index contributed by atoms with van der Waals surface area (Å²) in [6.07, 6.45) is 2.57. The van der Waals surface area contributed by atoms with Crippen LogP contribution < -0.4 is 5.73 Å². The van der Waals surface area contributed by atoms with Crippen LogP contribution in [0.4, 0.5) is 10.1 Å². The molecular formula is C21H27ClFN3O2. The normalized spacial score (nSPS) is 17.8. The van der Waals surface area contributed by atoms with Gasteiger partial charge in [0.2, 0.25) is 0 Å². The maximum absolute atomic E-state index is 15.2. The molecule has 2 aromatic rings. The van der Waals surface area contributed by atoms with Crippen LogP contribution in [0.3, 0.4) is 0 Å². The van der Waals surface area contributed by atoms with Crippen LogP contribution in [0.2, 0.25) is 5.02 Å². The lowest BCUT2D eigenvalue weighted by Crippen LogP contribution is -2.47. The molecule has 5 nitrogen and oxygen atoms in total. The van der Waals surface area contributed by atoms with E-state index in [0.717, 1.165) is 0 Å². The van der Waals surface area contributed by atoms with Gasteiger partial charge in [0.15, 0.2) is 5.78 Å². The lowest BCUT2D eigenvalue weighted by molar-refractivity contribution is -0.00366. The number of halogens is 2. The first-order chi connectivity index (χ1) is 13.1. The van der Waals surface area contributed by atoms with Crippen LogP contribution in [0, 0.1) is 0 Å². The molecule has 0 spiro atoms. The smallest absolute Gasteiger partial charge is 0.165 e. The molecule has 1 aromatic carbocycles. The van der Waals surface area contributed by atoms with Gasteiger partial charge in [-0.2, -0.15) is 0 Å². The molecule has 0 aliphatic carbocycles. The number of piperidine rings is 1. The number of hydrogen-bond donors (Lipinski definition) is 2. The lowest BCUT2D eigenvalue weighted by atomic mass is 9.86. The first kappa shape index (κ1) is 21.0. The number of carbonyl (C=O) groups is 1. The Bertz CT molecular complexity index is 874. The van der Waals surface area contributed by atoms with Gasteiger partial charge in [0, 0.05) is 43.2 Å². The number of carbonyl (C=O) groups excluding carboxylic acids is 1. The summed E-state index contributed by atoms with van der Waals surface area (Å²) in [4.78, 5) is 19.2. The van der Waals surface area contributed by atoms with E-state index in [2.05, 4.69) is 9.88 Å². The van der Waals surface area contributed by atoms with E-state index in [1.165, 1.54) is 6.07 Å². The number of likely N-dealkylation sites (tertiary alicyclic amines) is 1. The molecule has 0 atom stereocenters. The fourth-order valence-corrected chi connectivity index (χ4v) is 4.04. The third kappa shape index (κ3) is 4.80. The fraction of sp³-hybridized carbons (Fsp3) is 0.524. The highest BCUT2D eigenvalue weighted by Crippen LogP contribution is 2.34. The van der Waals surface area contributed by atoms with Gasteiger partial charge in [0.25, 0.3) is 0 Å². The summed E-state index contributed by atoms with van der Waals surface area (Å²) in [7, 11) is 0. The molecule has 1 aliphatic heterocycles. The molecule has 7 heteroatoms. The third-order valence-electron chi connectivity index (χ3n) is 5.34. The van der Waals surface area contributed by atoms with Crippen LogP contribution in [0.1, 0.15) is 49.9 Å².